The smallest absolute Gasteiger partial charge is 0.104 e. The van der Waals surface area contributed by atoms with Crippen LogP contribution in [0.1, 0.15) is 31.4 Å². The predicted octanol–water partition coefficient (Wildman–Crippen LogP) is 2.86. The molecular formula is C13H20N2S. The van der Waals surface area contributed by atoms with Crippen molar-refractivity contribution in [1.82, 2.24) is 0 Å². The second-order valence-corrected chi connectivity index (χ2v) is 4.67. The minimum absolute atomic E-state index is 0.468. The van der Waals surface area contributed by atoms with Gasteiger partial charge in [0.05, 0.1) is 0 Å². The number of nitrogens with two attached hydrogens (primary N) is 1. The Labute approximate surface area is 103 Å². The molecule has 2 nitrogen and oxygen atoms in total. The summed E-state index contributed by atoms with van der Waals surface area (Å²) in [7, 11) is 2.11. The molecule has 1 aromatic rings. The Morgan fingerprint density at radius 2 is 2.12 bits per heavy atom. The van der Waals surface area contributed by atoms with Crippen LogP contribution in [-0.4, -0.2) is 18.1 Å². The quantitative estimate of drug-likeness (QED) is 0.815. The molecule has 0 saturated heterocycles. The first-order chi connectivity index (χ1) is 7.47. The number of anilines is 1. The summed E-state index contributed by atoms with van der Waals surface area (Å²) >= 11 is 5.00. The second-order valence-electron chi connectivity index (χ2n) is 4.23. The second kappa shape index (κ2) is 5.30. The summed E-state index contributed by atoms with van der Waals surface area (Å²) in [5.74, 6) is 0. The van der Waals surface area contributed by atoms with Crippen molar-refractivity contribution in [3.63, 3.8) is 0 Å². The van der Waals surface area contributed by atoms with Crippen molar-refractivity contribution >= 4 is 22.9 Å². The molecule has 0 fully saturated rings. The summed E-state index contributed by atoms with van der Waals surface area (Å²) in [6.07, 6.45) is 1.13. The third kappa shape index (κ3) is 2.73. The zero-order chi connectivity index (χ0) is 12.3. The van der Waals surface area contributed by atoms with Gasteiger partial charge in [-0.2, -0.15) is 0 Å². The Kier molecular flexibility index (Phi) is 4.30. The fourth-order valence-electron chi connectivity index (χ4n) is 1.67. The highest BCUT2D eigenvalue weighted by molar-refractivity contribution is 7.80. The molecule has 0 aliphatic heterocycles. The highest BCUT2D eigenvalue weighted by atomic mass is 32.1. The van der Waals surface area contributed by atoms with Gasteiger partial charge in [0.25, 0.3) is 0 Å². The van der Waals surface area contributed by atoms with Crippen LogP contribution >= 0.6 is 12.2 Å². The van der Waals surface area contributed by atoms with Gasteiger partial charge >= 0.3 is 0 Å². The van der Waals surface area contributed by atoms with Crippen molar-refractivity contribution in [3.05, 3.63) is 29.3 Å². The summed E-state index contributed by atoms with van der Waals surface area (Å²) in [5.41, 5.74) is 8.97. The molecule has 0 bridgehead atoms. The van der Waals surface area contributed by atoms with Gasteiger partial charge in [0.2, 0.25) is 0 Å². The Morgan fingerprint density at radius 3 is 2.56 bits per heavy atom. The largest absolute Gasteiger partial charge is 0.389 e. The van der Waals surface area contributed by atoms with Gasteiger partial charge in [-0.1, -0.05) is 19.1 Å². The summed E-state index contributed by atoms with van der Waals surface area (Å²) < 4.78 is 0. The van der Waals surface area contributed by atoms with Gasteiger partial charge in [0.1, 0.15) is 4.99 Å². The van der Waals surface area contributed by atoms with E-state index in [2.05, 4.69) is 37.9 Å². The minimum Gasteiger partial charge on any atom is -0.389 e. The Hall–Kier alpha value is -1.09. The lowest BCUT2D eigenvalue weighted by Crippen LogP contribution is -2.28. The van der Waals surface area contributed by atoms with Crippen molar-refractivity contribution in [2.24, 2.45) is 5.73 Å². The third-order valence-electron chi connectivity index (χ3n) is 3.13. The molecule has 0 aliphatic rings. The molecule has 0 aliphatic carbocycles. The molecule has 16 heavy (non-hydrogen) atoms. The fourth-order valence-corrected chi connectivity index (χ4v) is 1.90. The van der Waals surface area contributed by atoms with Crippen LogP contribution in [0.3, 0.4) is 0 Å². The standard InChI is InChI=1S/C13H20N2S/c1-5-10(3)15(4)11-6-7-12(13(14)16)9(2)8-11/h6-8,10H,5H2,1-4H3,(H2,14,16). The SMILES string of the molecule is CCC(C)N(C)c1ccc(C(N)=S)c(C)c1. The van der Waals surface area contributed by atoms with E-state index in [0.29, 0.717) is 11.0 Å². The number of thiocarbonyl (C=S) groups is 1. The maximum atomic E-state index is 5.64. The normalized spacial score (nSPS) is 12.2. The van der Waals surface area contributed by atoms with Crippen molar-refractivity contribution in [3.8, 4) is 0 Å². The van der Waals surface area contributed by atoms with E-state index in [9.17, 15) is 0 Å². The number of hydrogen-bond acceptors (Lipinski definition) is 2. The zero-order valence-electron chi connectivity index (χ0n) is 10.4. The number of nitrogens with zero attached hydrogens (tertiary/aromatic N) is 1. The van der Waals surface area contributed by atoms with Crippen LogP contribution in [-0.2, 0) is 0 Å². The van der Waals surface area contributed by atoms with Crippen LogP contribution in [0.5, 0.6) is 0 Å². The fraction of sp³-hybridized carbons (Fsp3) is 0.462. The van der Waals surface area contributed by atoms with E-state index in [-0.39, 0.29) is 0 Å². The van der Waals surface area contributed by atoms with Gasteiger partial charge in [-0.25, -0.2) is 0 Å². The van der Waals surface area contributed by atoms with Gasteiger partial charge in [0, 0.05) is 24.3 Å². The Morgan fingerprint density at radius 1 is 1.50 bits per heavy atom. The van der Waals surface area contributed by atoms with Gasteiger partial charge in [0.15, 0.2) is 0 Å². The van der Waals surface area contributed by atoms with E-state index in [1.165, 1.54) is 5.69 Å². The van der Waals surface area contributed by atoms with Crippen LogP contribution in [0.25, 0.3) is 0 Å². The Balaban J connectivity index is 3.01. The minimum atomic E-state index is 0.468. The average Bonchev–Trinajstić information content (AvgIpc) is 2.26. The van der Waals surface area contributed by atoms with Gasteiger partial charge < -0.3 is 10.6 Å². The summed E-state index contributed by atoms with van der Waals surface area (Å²) in [6.45, 7) is 6.46. The highest BCUT2D eigenvalue weighted by Crippen LogP contribution is 2.20. The van der Waals surface area contributed by atoms with E-state index < -0.39 is 0 Å². The molecule has 88 valence electrons. The van der Waals surface area contributed by atoms with Crippen molar-refractivity contribution < 1.29 is 0 Å². The molecule has 0 heterocycles. The molecule has 1 atom stereocenters. The van der Waals surface area contributed by atoms with Crippen LogP contribution in [0.4, 0.5) is 5.69 Å². The van der Waals surface area contributed by atoms with Crippen LogP contribution in [0.15, 0.2) is 18.2 Å². The monoisotopic (exact) mass is 236 g/mol. The topological polar surface area (TPSA) is 29.3 Å². The third-order valence-corrected chi connectivity index (χ3v) is 3.35. The average molecular weight is 236 g/mol. The van der Waals surface area contributed by atoms with Gasteiger partial charge in [-0.3, -0.25) is 0 Å². The molecule has 0 amide bonds. The lowest BCUT2D eigenvalue weighted by atomic mass is 10.1. The lowest BCUT2D eigenvalue weighted by Gasteiger charge is -2.26. The van der Waals surface area contributed by atoms with Crippen LogP contribution < -0.4 is 10.6 Å². The van der Waals surface area contributed by atoms with Crippen LogP contribution in [0, 0.1) is 6.92 Å². The van der Waals surface area contributed by atoms with Crippen molar-refractivity contribution in [1.29, 1.82) is 0 Å². The molecule has 0 saturated carbocycles. The zero-order valence-corrected chi connectivity index (χ0v) is 11.3. The van der Waals surface area contributed by atoms with E-state index in [1.54, 1.807) is 0 Å². The molecular weight excluding hydrogens is 216 g/mol. The first-order valence-corrected chi connectivity index (χ1v) is 6.01. The molecule has 2 N–H and O–H groups in total. The number of aryl methyl sites for hydroxylation is 1. The van der Waals surface area contributed by atoms with E-state index in [0.717, 1.165) is 17.5 Å². The summed E-state index contributed by atoms with van der Waals surface area (Å²) in [5, 5.41) is 0. The van der Waals surface area contributed by atoms with E-state index in [4.69, 9.17) is 18.0 Å². The van der Waals surface area contributed by atoms with Gasteiger partial charge in [-0.05, 0) is 44.0 Å². The Bertz CT molecular complexity index is 388. The lowest BCUT2D eigenvalue weighted by molar-refractivity contribution is 0.664. The molecule has 0 aromatic heterocycles. The molecule has 1 rings (SSSR count). The molecule has 3 heteroatoms. The first-order valence-electron chi connectivity index (χ1n) is 5.60. The van der Waals surface area contributed by atoms with E-state index >= 15 is 0 Å². The molecule has 1 unspecified atom stereocenters. The van der Waals surface area contributed by atoms with Crippen molar-refractivity contribution in [2.75, 3.05) is 11.9 Å². The number of rotatable bonds is 4. The molecule has 0 radical (unpaired) electrons. The molecule has 1 aromatic carbocycles. The number of benzene rings is 1. The maximum Gasteiger partial charge on any atom is 0.104 e. The van der Waals surface area contributed by atoms with Crippen LogP contribution in [0.2, 0.25) is 0 Å². The van der Waals surface area contributed by atoms with E-state index in [1.807, 2.05) is 13.0 Å². The maximum absolute atomic E-state index is 5.64. The summed E-state index contributed by atoms with van der Waals surface area (Å²) in [6, 6.07) is 6.76. The summed E-state index contributed by atoms with van der Waals surface area (Å²) in [4.78, 5) is 2.74. The molecule has 0 spiro atoms. The predicted molar refractivity (Wildman–Crippen MR) is 75.2 cm³/mol. The number of hydrogen-bond donors (Lipinski definition) is 1. The van der Waals surface area contributed by atoms with Crippen molar-refractivity contribution in [2.45, 2.75) is 33.2 Å². The first kappa shape index (κ1) is 13.0. The van der Waals surface area contributed by atoms with Gasteiger partial charge in [-0.15, -0.1) is 0 Å². The highest BCUT2D eigenvalue weighted by Gasteiger charge is 2.09.